The number of halogens is 2. The van der Waals surface area contributed by atoms with E-state index < -0.39 is 0 Å². The van der Waals surface area contributed by atoms with Crippen molar-refractivity contribution in [3.63, 3.8) is 0 Å². The minimum atomic E-state index is 0.147. The zero-order chi connectivity index (χ0) is 10.5. The van der Waals surface area contributed by atoms with Crippen molar-refractivity contribution in [2.45, 2.75) is 25.8 Å². The number of benzene rings is 1. The summed E-state index contributed by atoms with van der Waals surface area (Å²) in [5.41, 5.74) is 7.22. The Morgan fingerprint density at radius 2 is 1.86 bits per heavy atom. The molecular formula is C11H13Cl2N. The lowest BCUT2D eigenvalue weighted by Gasteiger charge is -2.06. The number of nitrogens with two attached hydrogens (primary N) is 1. The molecule has 3 heteroatoms. The van der Waals surface area contributed by atoms with Gasteiger partial charge in [0.2, 0.25) is 0 Å². The Labute approximate surface area is 94.2 Å². The van der Waals surface area contributed by atoms with Crippen molar-refractivity contribution in [2.75, 3.05) is 0 Å². The van der Waals surface area contributed by atoms with Crippen molar-refractivity contribution in [3.8, 4) is 0 Å². The third-order valence-corrected chi connectivity index (χ3v) is 4.06. The van der Waals surface area contributed by atoms with Crippen molar-refractivity contribution in [2.24, 2.45) is 11.1 Å². The summed E-state index contributed by atoms with van der Waals surface area (Å²) in [5, 5.41) is 1.26. The lowest BCUT2D eigenvalue weighted by molar-refractivity contribution is 0.599. The molecule has 0 radical (unpaired) electrons. The number of hydrogen-bond acceptors (Lipinski definition) is 1. The Hall–Kier alpha value is -0.240. The van der Waals surface area contributed by atoms with Crippen LogP contribution in [0, 0.1) is 5.41 Å². The topological polar surface area (TPSA) is 26.0 Å². The van der Waals surface area contributed by atoms with Gasteiger partial charge in [0.05, 0.1) is 10.0 Å². The third kappa shape index (κ3) is 1.35. The average molecular weight is 230 g/mol. The molecule has 0 aliphatic heterocycles. The third-order valence-electron chi connectivity index (χ3n) is 3.23. The minimum Gasteiger partial charge on any atom is -0.327 e. The molecule has 0 bridgehead atoms. The van der Waals surface area contributed by atoms with E-state index in [-0.39, 0.29) is 11.5 Å². The number of hydrogen-bond donors (Lipinski definition) is 1. The Morgan fingerprint density at radius 3 is 2.36 bits per heavy atom. The van der Waals surface area contributed by atoms with E-state index in [2.05, 4.69) is 13.8 Å². The fraction of sp³-hybridized carbons (Fsp3) is 0.455. The molecule has 1 aromatic carbocycles. The molecule has 0 amide bonds. The summed E-state index contributed by atoms with van der Waals surface area (Å²) in [7, 11) is 0. The lowest BCUT2D eigenvalue weighted by atomic mass is 10.0. The van der Waals surface area contributed by atoms with Crippen LogP contribution in [0.2, 0.25) is 10.0 Å². The van der Waals surface area contributed by atoms with E-state index >= 15 is 0 Å². The van der Waals surface area contributed by atoms with Crippen LogP contribution in [0.1, 0.15) is 25.3 Å². The van der Waals surface area contributed by atoms with Crippen molar-refractivity contribution < 1.29 is 0 Å². The van der Waals surface area contributed by atoms with E-state index in [9.17, 15) is 0 Å². The maximum absolute atomic E-state index is 6.13. The first-order valence-electron chi connectivity index (χ1n) is 4.65. The second-order valence-electron chi connectivity index (χ2n) is 4.47. The summed E-state index contributed by atoms with van der Waals surface area (Å²) in [6, 6.07) is 5.92. The van der Waals surface area contributed by atoms with E-state index in [0.717, 1.165) is 5.56 Å². The van der Waals surface area contributed by atoms with E-state index in [1.165, 1.54) is 0 Å². The van der Waals surface area contributed by atoms with Gasteiger partial charge in [-0.05, 0) is 17.0 Å². The normalized spacial score (nSPS) is 28.9. The maximum atomic E-state index is 6.13. The van der Waals surface area contributed by atoms with Crippen LogP contribution < -0.4 is 5.73 Å². The minimum absolute atomic E-state index is 0.147. The smallest absolute Gasteiger partial charge is 0.0627 e. The van der Waals surface area contributed by atoms with Crippen LogP contribution >= 0.6 is 23.2 Å². The first kappa shape index (κ1) is 10.3. The van der Waals surface area contributed by atoms with Gasteiger partial charge in [-0.1, -0.05) is 49.2 Å². The van der Waals surface area contributed by atoms with Crippen molar-refractivity contribution in [1.82, 2.24) is 0 Å². The zero-order valence-corrected chi connectivity index (χ0v) is 9.73. The maximum Gasteiger partial charge on any atom is 0.0627 e. The first-order valence-corrected chi connectivity index (χ1v) is 5.41. The summed E-state index contributed by atoms with van der Waals surface area (Å²) in [6.07, 6.45) is 0. The van der Waals surface area contributed by atoms with Gasteiger partial charge >= 0.3 is 0 Å². The highest BCUT2D eigenvalue weighted by atomic mass is 35.5. The molecule has 0 spiro atoms. The van der Waals surface area contributed by atoms with Gasteiger partial charge in [-0.3, -0.25) is 0 Å². The molecule has 2 atom stereocenters. The van der Waals surface area contributed by atoms with Gasteiger partial charge in [0.1, 0.15) is 0 Å². The fourth-order valence-electron chi connectivity index (χ4n) is 2.03. The summed E-state index contributed by atoms with van der Waals surface area (Å²) in [5.74, 6) is 0.341. The molecule has 1 nitrogen and oxygen atoms in total. The second kappa shape index (κ2) is 3.13. The van der Waals surface area contributed by atoms with Crippen LogP contribution in [0.25, 0.3) is 0 Å². The lowest BCUT2D eigenvalue weighted by Crippen LogP contribution is -2.06. The molecule has 76 valence electrons. The average Bonchev–Trinajstić information content (AvgIpc) is 2.59. The van der Waals surface area contributed by atoms with Crippen molar-refractivity contribution >= 4 is 23.2 Å². The van der Waals surface area contributed by atoms with Crippen LogP contribution in [-0.2, 0) is 0 Å². The molecule has 0 unspecified atom stereocenters. The Morgan fingerprint density at radius 1 is 1.29 bits per heavy atom. The predicted molar refractivity (Wildman–Crippen MR) is 61.0 cm³/mol. The monoisotopic (exact) mass is 229 g/mol. The molecule has 1 aromatic rings. The molecule has 2 rings (SSSR count). The quantitative estimate of drug-likeness (QED) is 0.785. The Bertz CT molecular complexity index is 374. The van der Waals surface area contributed by atoms with E-state index in [4.69, 9.17) is 28.9 Å². The summed E-state index contributed by atoms with van der Waals surface area (Å²) in [6.45, 7) is 4.30. The molecule has 1 saturated carbocycles. The van der Waals surface area contributed by atoms with Crippen LogP contribution in [0.15, 0.2) is 18.2 Å². The highest BCUT2D eigenvalue weighted by Gasteiger charge is 2.56. The molecule has 14 heavy (non-hydrogen) atoms. The molecule has 0 heterocycles. The van der Waals surface area contributed by atoms with Crippen LogP contribution in [0.5, 0.6) is 0 Å². The molecule has 0 aromatic heterocycles. The van der Waals surface area contributed by atoms with Gasteiger partial charge in [-0.25, -0.2) is 0 Å². The highest BCUT2D eigenvalue weighted by Crippen LogP contribution is 2.59. The van der Waals surface area contributed by atoms with Gasteiger partial charge in [-0.15, -0.1) is 0 Å². The molecule has 0 saturated heterocycles. The Kier molecular flexibility index (Phi) is 2.30. The summed E-state index contributed by atoms with van der Waals surface area (Å²) >= 11 is 12.1. The molecule has 1 aliphatic carbocycles. The van der Waals surface area contributed by atoms with E-state index in [1.54, 1.807) is 6.07 Å². The van der Waals surface area contributed by atoms with Crippen LogP contribution in [-0.4, -0.2) is 6.04 Å². The Balaban J connectivity index is 2.40. The predicted octanol–water partition coefficient (Wildman–Crippen LogP) is 3.44. The standard InChI is InChI=1S/C11H13Cl2N/c1-11(2)8(10(11)14)6-4-3-5-7(12)9(6)13/h3-5,8,10H,14H2,1-2H3/t8-,10-/m0/s1. The van der Waals surface area contributed by atoms with Gasteiger partial charge < -0.3 is 5.73 Å². The van der Waals surface area contributed by atoms with Crippen molar-refractivity contribution in [3.05, 3.63) is 33.8 Å². The second-order valence-corrected chi connectivity index (χ2v) is 5.25. The summed E-state index contributed by atoms with van der Waals surface area (Å²) in [4.78, 5) is 0. The first-order chi connectivity index (χ1) is 6.46. The largest absolute Gasteiger partial charge is 0.327 e. The fourth-order valence-corrected chi connectivity index (χ4v) is 2.46. The van der Waals surface area contributed by atoms with Crippen molar-refractivity contribution in [1.29, 1.82) is 0 Å². The van der Waals surface area contributed by atoms with Gasteiger partial charge in [0.25, 0.3) is 0 Å². The number of rotatable bonds is 1. The summed E-state index contributed by atoms with van der Waals surface area (Å²) < 4.78 is 0. The van der Waals surface area contributed by atoms with Gasteiger partial charge in [0.15, 0.2) is 0 Å². The van der Waals surface area contributed by atoms with Gasteiger partial charge in [0, 0.05) is 12.0 Å². The molecule has 2 N–H and O–H groups in total. The SMILES string of the molecule is CC1(C)[C@@H](N)[C@@H]1c1cccc(Cl)c1Cl. The molecule has 1 fully saturated rings. The van der Waals surface area contributed by atoms with Crippen LogP contribution in [0.4, 0.5) is 0 Å². The highest BCUT2D eigenvalue weighted by molar-refractivity contribution is 6.42. The zero-order valence-electron chi connectivity index (χ0n) is 8.22. The van der Waals surface area contributed by atoms with Crippen LogP contribution in [0.3, 0.4) is 0 Å². The van der Waals surface area contributed by atoms with Gasteiger partial charge in [-0.2, -0.15) is 0 Å². The van der Waals surface area contributed by atoms with E-state index in [1.807, 2.05) is 12.1 Å². The van der Waals surface area contributed by atoms with E-state index in [0.29, 0.717) is 16.0 Å². The molecular weight excluding hydrogens is 217 g/mol. The molecule has 1 aliphatic rings.